The van der Waals surface area contributed by atoms with E-state index in [0.717, 1.165) is 64.5 Å². The molecule has 7 rings (SSSR count). The third-order valence-corrected chi connectivity index (χ3v) is 9.96. The molecule has 54 heavy (non-hydrogen) atoms. The molecule has 3 N–H and O–H groups in total. The largest absolute Gasteiger partial charge is 0.377 e. The zero-order valence-corrected chi connectivity index (χ0v) is 31.3. The van der Waals surface area contributed by atoms with Gasteiger partial charge in [-0.1, -0.05) is 72.8 Å². The quantitative estimate of drug-likeness (QED) is 0.132. The van der Waals surface area contributed by atoms with Crippen molar-refractivity contribution in [2.45, 2.75) is 44.3 Å². The summed E-state index contributed by atoms with van der Waals surface area (Å²) in [5.74, 6) is 1.45. The predicted molar refractivity (Wildman–Crippen MR) is 210 cm³/mol. The molecule has 12 heteroatoms. The topological polar surface area (TPSA) is 139 Å². The van der Waals surface area contributed by atoms with E-state index >= 15 is 0 Å². The molecule has 3 atom stereocenters. The maximum atomic E-state index is 13.5. The first-order valence-corrected chi connectivity index (χ1v) is 18.3. The summed E-state index contributed by atoms with van der Waals surface area (Å²) in [5, 5.41) is 3.09. The number of carbonyl (C=O) groups excluding carboxylic acids is 2. The Kier molecular flexibility index (Phi) is 10.6. The van der Waals surface area contributed by atoms with Crippen molar-refractivity contribution in [3.63, 3.8) is 0 Å². The van der Waals surface area contributed by atoms with E-state index in [1.807, 2.05) is 135 Å². The van der Waals surface area contributed by atoms with Gasteiger partial charge in [-0.2, -0.15) is 0 Å². The lowest BCUT2D eigenvalue weighted by atomic mass is 10.0. The number of benzene rings is 3. The fraction of sp³-hybridized carbons (Fsp3) is 0.286. The highest BCUT2D eigenvalue weighted by molar-refractivity contribution is 5.83. The number of likely N-dealkylation sites (N-methyl/N-ethyl adjacent to an activating group) is 1. The zero-order chi connectivity index (χ0) is 37.8. The Hall–Kier alpha value is -6.14. The molecule has 0 spiro atoms. The second-order valence-electron chi connectivity index (χ2n) is 14.2. The molecule has 12 nitrogen and oxygen atoms in total. The number of para-hydroxylation sites is 1. The van der Waals surface area contributed by atoms with Gasteiger partial charge in [0.1, 0.15) is 23.4 Å². The van der Waals surface area contributed by atoms with E-state index in [9.17, 15) is 9.59 Å². The van der Waals surface area contributed by atoms with Gasteiger partial charge in [0.25, 0.3) is 0 Å². The van der Waals surface area contributed by atoms with Crippen molar-refractivity contribution < 1.29 is 9.59 Å². The molecule has 0 radical (unpaired) electrons. The average molecular weight is 723 g/mol. The Bertz CT molecular complexity index is 2190. The van der Waals surface area contributed by atoms with Gasteiger partial charge in [-0.25, -0.2) is 9.97 Å². The molecule has 0 unspecified atom stereocenters. The summed E-state index contributed by atoms with van der Waals surface area (Å²) in [6, 6.07) is 25.0. The number of anilines is 1. The van der Waals surface area contributed by atoms with E-state index in [4.69, 9.17) is 4.98 Å². The molecule has 4 heterocycles. The van der Waals surface area contributed by atoms with Crippen molar-refractivity contribution in [2.75, 3.05) is 39.6 Å². The van der Waals surface area contributed by atoms with Gasteiger partial charge in [-0.05, 0) is 56.6 Å². The summed E-state index contributed by atoms with van der Waals surface area (Å²) in [4.78, 5) is 58.1. The van der Waals surface area contributed by atoms with Crippen molar-refractivity contribution in [1.82, 2.24) is 45.0 Å². The van der Waals surface area contributed by atoms with E-state index in [0.29, 0.717) is 23.6 Å². The number of nitrogens with one attached hydrogen (secondary N) is 3. The molecule has 1 aliphatic heterocycles. The van der Waals surface area contributed by atoms with Crippen LogP contribution in [0.2, 0.25) is 0 Å². The second kappa shape index (κ2) is 15.8. The fourth-order valence-electron chi connectivity index (χ4n) is 7.17. The van der Waals surface area contributed by atoms with E-state index in [1.54, 1.807) is 18.6 Å². The fourth-order valence-corrected chi connectivity index (χ4v) is 7.17. The number of carbonyl (C=O) groups is 2. The summed E-state index contributed by atoms with van der Waals surface area (Å²) in [7, 11) is 7.78. The van der Waals surface area contributed by atoms with Gasteiger partial charge in [0.05, 0.1) is 60.4 Å². The number of H-pyrrole nitrogens is 2. The highest BCUT2D eigenvalue weighted by Gasteiger charge is 2.32. The number of rotatable bonds is 12. The average Bonchev–Trinajstić information content (AvgIpc) is 3.97. The Balaban J connectivity index is 0.978. The highest BCUT2D eigenvalue weighted by Crippen LogP contribution is 2.33. The minimum absolute atomic E-state index is 0.0752. The standard InChI is InChI=1S/C42H46N10O2/c1-27(47-42(54)39(51(4)5)30-12-7-6-8-13-30)40-45-26-35(49-40)34-25-43-32(23-44-34)28-17-19-29(20-18-28)33-24-46-41(48-33)37-16-11-21-52(37)38(53)22-31-14-9-10-15-36(31)50(2)3/h6-10,12-15,17-20,23-27,37,39H,11,16,21-22H2,1-5H3,(H,45,49)(H,46,48)(H,47,54)/t27-,37-,39+/m0/s1. The van der Waals surface area contributed by atoms with Gasteiger partial charge < -0.3 is 25.1 Å². The van der Waals surface area contributed by atoms with Crippen molar-refractivity contribution in [3.05, 3.63) is 126 Å². The predicted octanol–water partition coefficient (Wildman–Crippen LogP) is 6.38. The molecule has 0 saturated carbocycles. The molecular weight excluding hydrogens is 677 g/mol. The van der Waals surface area contributed by atoms with E-state index in [2.05, 4.69) is 30.2 Å². The number of nitrogens with zero attached hydrogens (tertiary/aromatic N) is 7. The Morgan fingerprint density at radius 1 is 0.796 bits per heavy atom. The smallest absolute Gasteiger partial charge is 0.242 e. The number of aromatic nitrogens is 6. The van der Waals surface area contributed by atoms with Crippen molar-refractivity contribution in [1.29, 1.82) is 0 Å². The van der Waals surface area contributed by atoms with Crippen LogP contribution in [0.4, 0.5) is 5.69 Å². The molecule has 1 fully saturated rings. The minimum Gasteiger partial charge on any atom is -0.377 e. The molecule has 0 bridgehead atoms. The molecule has 2 amide bonds. The van der Waals surface area contributed by atoms with Crippen LogP contribution in [0.5, 0.6) is 0 Å². The van der Waals surface area contributed by atoms with Gasteiger partial charge in [0.2, 0.25) is 11.8 Å². The molecule has 0 aliphatic carbocycles. The van der Waals surface area contributed by atoms with Crippen LogP contribution in [0.15, 0.2) is 104 Å². The molecule has 3 aromatic heterocycles. The van der Waals surface area contributed by atoms with Crippen molar-refractivity contribution >= 4 is 17.5 Å². The van der Waals surface area contributed by atoms with Crippen LogP contribution in [0.3, 0.4) is 0 Å². The molecule has 276 valence electrons. The molecule has 1 aliphatic rings. The first kappa shape index (κ1) is 36.2. The van der Waals surface area contributed by atoms with Crippen LogP contribution in [-0.2, 0) is 16.0 Å². The maximum Gasteiger partial charge on any atom is 0.242 e. The molecule has 1 saturated heterocycles. The highest BCUT2D eigenvalue weighted by atomic mass is 16.2. The zero-order valence-electron chi connectivity index (χ0n) is 31.3. The third kappa shape index (κ3) is 7.79. The number of aromatic amines is 2. The lowest BCUT2D eigenvalue weighted by Crippen LogP contribution is -2.38. The Labute approximate surface area is 315 Å². The SMILES string of the molecule is C[C@H](NC(=O)[C@@H](c1ccccc1)N(C)C)c1ncc(-c2cnc(-c3ccc(-c4cnc([C@@H]5CCCN5C(=O)Cc5ccccc5N(C)C)[nH]4)cc3)cn2)[nH]1. The normalized spacial score (nSPS) is 15.3. The van der Waals surface area contributed by atoms with Crippen molar-refractivity contribution in [2.24, 2.45) is 0 Å². The van der Waals surface area contributed by atoms with Gasteiger partial charge in [0.15, 0.2) is 0 Å². The van der Waals surface area contributed by atoms with Crippen LogP contribution >= 0.6 is 0 Å². The number of likely N-dealkylation sites (tertiary alicyclic amines) is 1. The van der Waals surface area contributed by atoms with E-state index in [1.165, 1.54) is 0 Å². The Morgan fingerprint density at radius 2 is 1.48 bits per heavy atom. The number of hydrogen-bond donors (Lipinski definition) is 3. The van der Waals surface area contributed by atoms with Crippen molar-refractivity contribution in [3.8, 4) is 33.9 Å². The third-order valence-electron chi connectivity index (χ3n) is 9.96. The number of hydrogen-bond acceptors (Lipinski definition) is 8. The summed E-state index contributed by atoms with van der Waals surface area (Å²) < 4.78 is 0. The van der Waals surface area contributed by atoms with E-state index in [-0.39, 0.29) is 23.9 Å². The first-order chi connectivity index (χ1) is 26.2. The van der Waals surface area contributed by atoms with Crippen LogP contribution < -0.4 is 10.2 Å². The van der Waals surface area contributed by atoms with Crippen LogP contribution in [0.25, 0.3) is 33.9 Å². The summed E-state index contributed by atoms with van der Waals surface area (Å²) in [6.07, 6.45) is 9.20. The van der Waals surface area contributed by atoms with Gasteiger partial charge in [-0.15, -0.1) is 0 Å². The van der Waals surface area contributed by atoms with Gasteiger partial charge in [-0.3, -0.25) is 24.5 Å². The molecule has 3 aromatic carbocycles. The summed E-state index contributed by atoms with van der Waals surface area (Å²) in [5.41, 5.74) is 7.92. The lowest BCUT2D eigenvalue weighted by Gasteiger charge is -2.25. The first-order valence-electron chi connectivity index (χ1n) is 18.3. The monoisotopic (exact) mass is 722 g/mol. The van der Waals surface area contributed by atoms with Crippen LogP contribution in [0.1, 0.15) is 60.7 Å². The Morgan fingerprint density at radius 3 is 2.20 bits per heavy atom. The summed E-state index contributed by atoms with van der Waals surface area (Å²) in [6.45, 7) is 2.63. The van der Waals surface area contributed by atoms with E-state index < -0.39 is 6.04 Å². The lowest BCUT2D eigenvalue weighted by molar-refractivity contribution is -0.131. The van der Waals surface area contributed by atoms with Gasteiger partial charge in [0, 0.05) is 31.9 Å². The second-order valence-corrected chi connectivity index (χ2v) is 14.2. The molecule has 6 aromatic rings. The number of amides is 2. The minimum atomic E-state index is -0.421. The van der Waals surface area contributed by atoms with Crippen LogP contribution in [-0.4, -0.2) is 86.3 Å². The molecular formula is C42H46N10O2. The maximum absolute atomic E-state index is 13.5. The van der Waals surface area contributed by atoms with Crippen LogP contribution in [0, 0.1) is 0 Å². The number of imidazole rings is 2. The summed E-state index contributed by atoms with van der Waals surface area (Å²) >= 11 is 0. The van der Waals surface area contributed by atoms with Gasteiger partial charge >= 0.3 is 0 Å².